The lowest BCUT2D eigenvalue weighted by atomic mass is 9.64. The number of rotatable bonds is 4. The van der Waals surface area contributed by atoms with Crippen LogP contribution in [0.2, 0.25) is 5.02 Å². The molecule has 0 bridgehead atoms. The van der Waals surface area contributed by atoms with Gasteiger partial charge in [-0.1, -0.05) is 42.3 Å². The van der Waals surface area contributed by atoms with Crippen LogP contribution in [0.4, 0.5) is 5.69 Å². The van der Waals surface area contributed by atoms with Gasteiger partial charge in [0.1, 0.15) is 0 Å². The number of nitrogens with one attached hydrogen (secondary N) is 1. The standard InChI is InChI=1S/C19H17ClN2O/c20-16-4-1-3-15(13-16)19(10-2-11-19)18(23)22-17-7-5-14(6-8-17)9-12-21/h1,3-8,13H,2,9-11H2,(H,22,23). The number of carbonyl (C=O) groups is 1. The molecule has 1 amide bonds. The van der Waals surface area contributed by atoms with Gasteiger partial charge in [0.25, 0.3) is 0 Å². The van der Waals surface area contributed by atoms with Gasteiger partial charge >= 0.3 is 0 Å². The van der Waals surface area contributed by atoms with Crippen LogP contribution in [0, 0.1) is 11.3 Å². The Labute approximate surface area is 140 Å². The molecule has 0 aromatic heterocycles. The van der Waals surface area contributed by atoms with Crippen molar-refractivity contribution in [2.24, 2.45) is 0 Å². The molecular weight excluding hydrogens is 308 g/mol. The summed E-state index contributed by atoms with van der Waals surface area (Å²) in [7, 11) is 0. The van der Waals surface area contributed by atoms with Gasteiger partial charge in [-0.25, -0.2) is 0 Å². The quantitative estimate of drug-likeness (QED) is 0.902. The largest absolute Gasteiger partial charge is 0.325 e. The Morgan fingerprint density at radius 3 is 2.52 bits per heavy atom. The van der Waals surface area contributed by atoms with Gasteiger partial charge in [-0.3, -0.25) is 4.79 Å². The lowest BCUT2D eigenvalue weighted by Crippen LogP contribution is -2.46. The first-order chi connectivity index (χ1) is 11.1. The Morgan fingerprint density at radius 2 is 1.96 bits per heavy atom. The molecule has 3 nitrogen and oxygen atoms in total. The Balaban J connectivity index is 1.79. The van der Waals surface area contributed by atoms with Gasteiger partial charge in [-0.05, 0) is 48.2 Å². The molecular formula is C19H17ClN2O. The van der Waals surface area contributed by atoms with Gasteiger partial charge < -0.3 is 5.32 Å². The highest BCUT2D eigenvalue weighted by molar-refractivity contribution is 6.30. The summed E-state index contributed by atoms with van der Waals surface area (Å²) in [6.45, 7) is 0. The average Bonchev–Trinajstić information content (AvgIpc) is 2.48. The summed E-state index contributed by atoms with van der Waals surface area (Å²) in [5, 5.41) is 12.4. The summed E-state index contributed by atoms with van der Waals surface area (Å²) in [5.74, 6) is 0.0130. The van der Waals surface area contributed by atoms with E-state index in [-0.39, 0.29) is 5.91 Å². The van der Waals surface area contributed by atoms with Crippen molar-refractivity contribution in [1.29, 1.82) is 5.26 Å². The van der Waals surface area contributed by atoms with Crippen LogP contribution in [-0.2, 0) is 16.6 Å². The van der Waals surface area contributed by atoms with E-state index >= 15 is 0 Å². The van der Waals surface area contributed by atoms with Gasteiger partial charge in [-0.15, -0.1) is 0 Å². The number of anilines is 1. The molecule has 0 atom stereocenters. The smallest absolute Gasteiger partial charge is 0.235 e. The summed E-state index contributed by atoms with van der Waals surface area (Å²) in [6.07, 6.45) is 3.10. The fraction of sp³-hybridized carbons (Fsp3) is 0.263. The fourth-order valence-electron chi connectivity index (χ4n) is 3.01. The van der Waals surface area contributed by atoms with Gasteiger partial charge in [0.05, 0.1) is 17.9 Å². The fourth-order valence-corrected chi connectivity index (χ4v) is 3.20. The van der Waals surface area contributed by atoms with Gasteiger partial charge in [0.15, 0.2) is 0 Å². The summed E-state index contributed by atoms with van der Waals surface area (Å²) >= 11 is 6.09. The number of benzene rings is 2. The van der Waals surface area contributed by atoms with Crippen LogP contribution < -0.4 is 5.32 Å². The third-order valence-electron chi connectivity index (χ3n) is 4.51. The second-order valence-corrected chi connectivity index (χ2v) is 6.37. The first kappa shape index (κ1) is 15.6. The van der Waals surface area contributed by atoms with Crippen LogP contribution in [0.1, 0.15) is 30.4 Å². The number of halogens is 1. The number of nitriles is 1. The molecule has 116 valence electrons. The molecule has 4 heteroatoms. The number of hydrogen-bond donors (Lipinski definition) is 1. The zero-order chi connectivity index (χ0) is 16.3. The van der Waals surface area contributed by atoms with E-state index < -0.39 is 5.41 Å². The Hall–Kier alpha value is -2.31. The number of carbonyl (C=O) groups excluding carboxylic acids is 1. The lowest BCUT2D eigenvalue weighted by Gasteiger charge is -2.40. The van der Waals surface area contributed by atoms with Crippen molar-refractivity contribution in [3.8, 4) is 6.07 Å². The Morgan fingerprint density at radius 1 is 1.22 bits per heavy atom. The summed E-state index contributed by atoms with van der Waals surface area (Å²) in [4.78, 5) is 12.8. The van der Waals surface area contributed by atoms with Crippen molar-refractivity contribution in [3.05, 3.63) is 64.7 Å². The Bertz CT molecular complexity index is 758. The normalized spacial score (nSPS) is 15.3. The SMILES string of the molecule is N#CCc1ccc(NC(=O)C2(c3cccc(Cl)c3)CCC2)cc1. The second-order valence-electron chi connectivity index (χ2n) is 5.93. The highest BCUT2D eigenvalue weighted by Gasteiger charge is 2.45. The van der Waals surface area contributed by atoms with E-state index in [0.717, 1.165) is 36.1 Å². The monoisotopic (exact) mass is 324 g/mol. The lowest BCUT2D eigenvalue weighted by molar-refractivity contribution is -0.124. The maximum atomic E-state index is 12.8. The molecule has 0 saturated heterocycles. The molecule has 0 spiro atoms. The molecule has 1 aliphatic rings. The van der Waals surface area contributed by atoms with Crippen LogP contribution >= 0.6 is 11.6 Å². The summed E-state index contributed by atoms with van der Waals surface area (Å²) in [5.41, 5.74) is 2.20. The van der Waals surface area contributed by atoms with Crippen LogP contribution in [0.3, 0.4) is 0 Å². The van der Waals surface area contributed by atoms with Crippen molar-refractivity contribution < 1.29 is 4.79 Å². The van der Waals surface area contributed by atoms with Crippen molar-refractivity contribution >= 4 is 23.2 Å². The molecule has 1 aliphatic carbocycles. The number of amides is 1. The molecule has 1 saturated carbocycles. The van der Waals surface area contributed by atoms with Crippen LogP contribution in [0.25, 0.3) is 0 Å². The van der Waals surface area contributed by atoms with Gasteiger partial charge in [-0.2, -0.15) is 5.26 Å². The molecule has 0 aliphatic heterocycles. The predicted octanol–water partition coefficient (Wildman–Crippen LogP) is 4.47. The third kappa shape index (κ3) is 3.09. The van der Waals surface area contributed by atoms with Gasteiger partial charge in [0, 0.05) is 10.7 Å². The van der Waals surface area contributed by atoms with Crippen LogP contribution in [0.5, 0.6) is 0 Å². The minimum atomic E-state index is -0.476. The first-order valence-electron chi connectivity index (χ1n) is 7.67. The molecule has 1 N–H and O–H groups in total. The summed E-state index contributed by atoms with van der Waals surface area (Å²) in [6, 6.07) is 17.1. The number of hydrogen-bond acceptors (Lipinski definition) is 2. The van der Waals surface area contributed by atoms with E-state index in [1.807, 2.05) is 48.5 Å². The van der Waals surface area contributed by atoms with E-state index in [2.05, 4.69) is 11.4 Å². The van der Waals surface area contributed by atoms with E-state index in [1.54, 1.807) is 0 Å². The Kier molecular flexibility index (Phi) is 4.36. The second kappa shape index (κ2) is 6.44. The third-order valence-corrected chi connectivity index (χ3v) is 4.75. The summed E-state index contributed by atoms with van der Waals surface area (Å²) < 4.78 is 0. The predicted molar refractivity (Wildman–Crippen MR) is 91.4 cm³/mol. The first-order valence-corrected chi connectivity index (χ1v) is 8.05. The maximum absolute atomic E-state index is 12.8. The molecule has 2 aromatic rings. The molecule has 2 aromatic carbocycles. The zero-order valence-corrected chi connectivity index (χ0v) is 13.4. The van der Waals surface area contributed by atoms with E-state index in [1.165, 1.54) is 0 Å². The highest BCUT2D eigenvalue weighted by atomic mass is 35.5. The van der Waals surface area contributed by atoms with Crippen molar-refractivity contribution in [2.45, 2.75) is 31.1 Å². The van der Waals surface area contributed by atoms with Gasteiger partial charge in [0.2, 0.25) is 5.91 Å². The minimum absolute atomic E-state index is 0.0130. The average molecular weight is 325 g/mol. The molecule has 0 heterocycles. The van der Waals surface area contributed by atoms with Crippen molar-refractivity contribution in [2.75, 3.05) is 5.32 Å². The van der Waals surface area contributed by atoms with Crippen LogP contribution in [-0.4, -0.2) is 5.91 Å². The zero-order valence-electron chi connectivity index (χ0n) is 12.7. The molecule has 1 fully saturated rings. The molecule has 3 rings (SSSR count). The topological polar surface area (TPSA) is 52.9 Å². The number of nitrogens with zero attached hydrogens (tertiary/aromatic N) is 1. The van der Waals surface area contributed by atoms with E-state index in [9.17, 15) is 4.79 Å². The molecule has 0 radical (unpaired) electrons. The maximum Gasteiger partial charge on any atom is 0.235 e. The van der Waals surface area contributed by atoms with Crippen LogP contribution in [0.15, 0.2) is 48.5 Å². The van der Waals surface area contributed by atoms with E-state index in [4.69, 9.17) is 16.9 Å². The van der Waals surface area contributed by atoms with E-state index in [0.29, 0.717) is 11.4 Å². The highest BCUT2D eigenvalue weighted by Crippen LogP contribution is 2.45. The molecule has 0 unspecified atom stereocenters. The van der Waals surface area contributed by atoms with Crippen molar-refractivity contribution in [1.82, 2.24) is 0 Å². The van der Waals surface area contributed by atoms with Crippen molar-refractivity contribution in [3.63, 3.8) is 0 Å². The minimum Gasteiger partial charge on any atom is -0.325 e. The molecule has 23 heavy (non-hydrogen) atoms.